The van der Waals surface area contributed by atoms with E-state index in [9.17, 15) is 4.79 Å². The molecule has 20 heavy (non-hydrogen) atoms. The van der Waals surface area contributed by atoms with Gasteiger partial charge in [0.2, 0.25) is 0 Å². The number of aryl methyl sites for hydroxylation is 2. The summed E-state index contributed by atoms with van der Waals surface area (Å²) in [5.74, 6) is -0.169. The van der Waals surface area contributed by atoms with Gasteiger partial charge in [-0.05, 0) is 28.4 Å². The average molecular weight is 377 g/mol. The molecule has 0 spiro atoms. The molecule has 0 saturated carbocycles. The third-order valence-electron chi connectivity index (χ3n) is 2.90. The molecule has 0 unspecified atom stereocenters. The SMILES string of the molecule is CCc1nn(C)c(CC(=O)c2ncc(Cl)cc2Cl)c1Br. The average Bonchev–Trinajstić information content (AvgIpc) is 2.66. The molecule has 2 aromatic rings. The Bertz CT molecular complexity index is 670. The van der Waals surface area contributed by atoms with Crippen molar-refractivity contribution in [3.63, 3.8) is 0 Å². The maximum absolute atomic E-state index is 12.3. The summed E-state index contributed by atoms with van der Waals surface area (Å²) in [6.07, 6.45) is 2.39. The van der Waals surface area contributed by atoms with Crippen LogP contribution >= 0.6 is 39.1 Å². The molecule has 0 atom stereocenters. The lowest BCUT2D eigenvalue weighted by atomic mass is 10.1. The first-order valence-corrected chi connectivity index (χ1v) is 7.53. The zero-order valence-corrected chi connectivity index (χ0v) is 14.1. The summed E-state index contributed by atoms with van der Waals surface area (Å²) in [5, 5.41) is 5.02. The Hall–Kier alpha value is -0.910. The van der Waals surface area contributed by atoms with Gasteiger partial charge >= 0.3 is 0 Å². The highest BCUT2D eigenvalue weighted by atomic mass is 79.9. The van der Waals surface area contributed by atoms with E-state index in [2.05, 4.69) is 26.0 Å². The normalized spacial score (nSPS) is 10.8. The Balaban J connectivity index is 2.30. The van der Waals surface area contributed by atoms with Crippen LogP contribution < -0.4 is 0 Å². The van der Waals surface area contributed by atoms with E-state index in [1.165, 1.54) is 12.3 Å². The third-order valence-corrected chi connectivity index (χ3v) is 4.31. The second-order valence-electron chi connectivity index (χ2n) is 4.27. The third kappa shape index (κ3) is 3.05. The highest BCUT2D eigenvalue weighted by molar-refractivity contribution is 9.10. The lowest BCUT2D eigenvalue weighted by Gasteiger charge is -2.04. The smallest absolute Gasteiger partial charge is 0.188 e. The maximum Gasteiger partial charge on any atom is 0.188 e. The van der Waals surface area contributed by atoms with Crippen molar-refractivity contribution in [1.29, 1.82) is 0 Å². The van der Waals surface area contributed by atoms with Crippen LogP contribution in [0.3, 0.4) is 0 Å². The van der Waals surface area contributed by atoms with Gasteiger partial charge in [-0.1, -0.05) is 30.1 Å². The van der Waals surface area contributed by atoms with Crippen LogP contribution in [0.25, 0.3) is 0 Å². The summed E-state index contributed by atoms with van der Waals surface area (Å²) >= 11 is 15.3. The van der Waals surface area contributed by atoms with Gasteiger partial charge < -0.3 is 0 Å². The van der Waals surface area contributed by atoms with E-state index in [1.807, 2.05) is 14.0 Å². The molecule has 0 aromatic carbocycles. The van der Waals surface area contributed by atoms with Crippen molar-refractivity contribution in [3.8, 4) is 0 Å². The molecule has 0 N–H and O–H groups in total. The predicted molar refractivity (Wildman–Crippen MR) is 82.6 cm³/mol. The van der Waals surface area contributed by atoms with Gasteiger partial charge in [0.15, 0.2) is 5.78 Å². The number of pyridine rings is 1. The van der Waals surface area contributed by atoms with E-state index in [0.29, 0.717) is 5.02 Å². The number of aromatic nitrogens is 3. The van der Waals surface area contributed by atoms with Crippen molar-refractivity contribution in [1.82, 2.24) is 14.8 Å². The lowest BCUT2D eigenvalue weighted by Crippen LogP contribution is -2.10. The molecule has 0 amide bonds. The number of nitrogens with zero attached hydrogens (tertiary/aromatic N) is 3. The van der Waals surface area contributed by atoms with Crippen LogP contribution in [0, 0.1) is 0 Å². The second kappa shape index (κ2) is 6.24. The summed E-state index contributed by atoms with van der Waals surface area (Å²) in [5.41, 5.74) is 1.95. The molecule has 2 heterocycles. The molecule has 0 aliphatic heterocycles. The summed E-state index contributed by atoms with van der Waals surface area (Å²) < 4.78 is 2.56. The number of hydrogen-bond donors (Lipinski definition) is 0. The van der Waals surface area contributed by atoms with Crippen molar-refractivity contribution < 1.29 is 4.79 Å². The molecule has 0 aliphatic carbocycles. The summed E-state index contributed by atoms with van der Waals surface area (Å²) in [4.78, 5) is 16.3. The van der Waals surface area contributed by atoms with E-state index < -0.39 is 0 Å². The Kier molecular flexibility index (Phi) is 4.83. The Morgan fingerprint density at radius 3 is 2.70 bits per heavy atom. The number of carbonyl (C=O) groups excluding carboxylic acids is 1. The number of hydrogen-bond acceptors (Lipinski definition) is 3. The minimum atomic E-state index is -0.169. The molecular formula is C13H12BrCl2N3O. The van der Waals surface area contributed by atoms with Crippen molar-refractivity contribution in [2.45, 2.75) is 19.8 Å². The van der Waals surface area contributed by atoms with E-state index in [4.69, 9.17) is 23.2 Å². The maximum atomic E-state index is 12.3. The van der Waals surface area contributed by atoms with Crippen LogP contribution in [0.2, 0.25) is 10.0 Å². The van der Waals surface area contributed by atoms with Gasteiger partial charge in [-0.3, -0.25) is 9.48 Å². The monoisotopic (exact) mass is 375 g/mol. The van der Waals surface area contributed by atoms with Gasteiger partial charge in [-0.25, -0.2) is 4.98 Å². The second-order valence-corrected chi connectivity index (χ2v) is 5.91. The molecule has 0 radical (unpaired) electrons. The molecule has 0 saturated heterocycles. The lowest BCUT2D eigenvalue weighted by molar-refractivity contribution is 0.0986. The molecule has 7 heteroatoms. The fourth-order valence-electron chi connectivity index (χ4n) is 1.87. The summed E-state index contributed by atoms with van der Waals surface area (Å²) in [6.45, 7) is 2.01. The largest absolute Gasteiger partial charge is 0.292 e. The van der Waals surface area contributed by atoms with Gasteiger partial charge in [0.05, 0.1) is 32.3 Å². The standard InChI is InChI=1S/C13H12BrCl2N3O/c1-3-9-12(14)10(19(2)18-9)5-11(20)13-8(16)4-7(15)6-17-13/h4,6H,3,5H2,1-2H3. The number of carbonyl (C=O) groups is 1. The summed E-state index contributed by atoms with van der Waals surface area (Å²) in [6, 6.07) is 1.51. The molecule has 0 bridgehead atoms. The van der Waals surface area contributed by atoms with Crippen LogP contribution in [0.5, 0.6) is 0 Å². The van der Waals surface area contributed by atoms with E-state index in [1.54, 1.807) is 4.68 Å². The molecule has 0 aliphatic rings. The van der Waals surface area contributed by atoms with Crippen molar-refractivity contribution in [3.05, 3.63) is 43.9 Å². The van der Waals surface area contributed by atoms with Crippen LogP contribution in [-0.4, -0.2) is 20.5 Å². The van der Waals surface area contributed by atoms with Crippen molar-refractivity contribution in [2.75, 3.05) is 0 Å². The number of rotatable bonds is 4. The van der Waals surface area contributed by atoms with Crippen LogP contribution in [-0.2, 0) is 19.9 Å². The predicted octanol–water partition coefficient (Wildman–Crippen LogP) is 3.87. The minimum Gasteiger partial charge on any atom is -0.292 e. The van der Waals surface area contributed by atoms with Gasteiger partial charge in [0.1, 0.15) is 5.69 Å². The van der Waals surface area contributed by atoms with Gasteiger partial charge in [0.25, 0.3) is 0 Å². The first-order chi connectivity index (χ1) is 9.43. The minimum absolute atomic E-state index is 0.169. The zero-order valence-electron chi connectivity index (χ0n) is 11.0. The Morgan fingerprint density at radius 1 is 1.45 bits per heavy atom. The van der Waals surface area contributed by atoms with E-state index in [0.717, 1.165) is 22.3 Å². The Morgan fingerprint density at radius 2 is 2.15 bits per heavy atom. The fourth-order valence-corrected chi connectivity index (χ4v) is 3.11. The number of halogens is 3. The summed E-state index contributed by atoms with van der Waals surface area (Å²) in [7, 11) is 1.81. The molecule has 106 valence electrons. The van der Waals surface area contributed by atoms with Crippen molar-refractivity contribution in [2.24, 2.45) is 7.05 Å². The van der Waals surface area contributed by atoms with Gasteiger partial charge in [-0.15, -0.1) is 0 Å². The highest BCUT2D eigenvalue weighted by Gasteiger charge is 2.19. The Labute approximate surface area is 135 Å². The molecule has 0 fully saturated rings. The van der Waals surface area contributed by atoms with Crippen molar-refractivity contribution >= 4 is 44.9 Å². The van der Waals surface area contributed by atoms with Gasteiger partial charge in [-0.2, -0.15) is 5.10 Å². The topological polar surface area (TPSA) is 47.8 Å². The highest BCUT2D eigenvalue weighted by Crippen LogP contribution is 2.25. The molecule has 2 aromatic heterocycles. The van der Waals surface area contributed by atoms with E-state index >= 15 is 0 Å². The first-order valence-electron chi connectivity index (χ1n) is 5.98. The van der Waals surface area contributed by atoms with Gasteiger partial charge in [0, 0.05) is 13.2 Å². The van der Waals surface area contributed by atoms with Crippen LogP contribution in [0.15, 0.2) is 16.7 Å². The number of ketones is 1. The molecule has 4 nitrogen and oxygen atoms in total. The quantitative estimate of drug-likeness (QED) is 0.761. The van der Waals surface area contributed by atoms with E-state index in [-0.39, 0.29) is 22.9 Å². The van der Waals surface area contributed by atoms with Crippen LogP contribution in [0.4, 0.5) is 0 Å². The van der Waals surface area contributed by atoms with Crippen LogP contribution in [0.1, 0.15) is 28.8 Å². The number of Topliss-reactive ketones (excluding diaryl/α,β-unsaturated/α-hetero) is 1. The zero-order chi connectivity index (χ0) is 14.9. The molecular weight excluding hydrogens is 365 g/mol. The fraction of sp³-hybridized carbons (Fsp3) is 0.308. The first kappa shape index (κ1) is 15.5. The molecule has 2 rings (SSSR count).